The first kappa shape index (κ1) is 32.3. The van der Waals surface area contributed by atoms with Gasteiger partial charge in [-0.05, 0) is 103 Å². The normalized spacial score (nSPS) is 14.0. The molecule has 0 radical (unpaired) electrons. The van der Waals surface area contributed by atoms with Crippen molar-refractivity contribution >= 4 is 27.3 Å². The van der Waals surface area contributed by atoms with Crippen molar-refractivity contribution in [1.29, 1.82) is 0 Å². The summed E-state index contributed by atoms with van der Waals surface area (Å²) in [6.45, 7) is 0. The smallest absolute Gasteiger partial charge is 0.341 e. The second-order valence-corrected chi connectivity index (χ2v) is 15.0. The zero-order valence-corrected chi connectivity index (χ0v) is 36.4. The monoisotopic (exact) mass is 1010 g/mol. The van der Waals surface area contributed by atoms with Crippen LogP contribution in [0.2, 0.25) is 0 Å². The summed E-state index contributed by atoms with van der Waals surface area (Å²) >= 11 is 0. The fraction of sp³-hybridized carbons (Fsp3) is 0.0690. The van der Waals surface area contributed by atoms with Crippen LogP contribution in [-0.2, 0) is 45.6 Å². The molecule has 0 saturated heterocycles. The number of nitrogens with zero attached hydrogens (tertiary/aromatic N) is 5. The van der Waals surface area contributed by atoms with Gasteiger partial charge in [-0.15, -0.1) is 101 Å². The molecule has 0 aliphatic carbocycles. The topological polar surface area (TPSA) is 56.0 Å². The fourth-order valence-corrected chi connectivity index (χ4v) is 8.09. The van der Waals surface area contributed by atoms with Crippen molar-refractivity contribution in [3.8, 4) is 55.9 Å². The van der Waals surface area contributed by atoms with Crippen molar-refractivity contribution in [1.82, 2.24) is 24.3 Å². The summed E-state index contributed by atoms with van der Waals surface area (Å²) in [5.74, 6) is 0. The standard InChI is InChI=1S/C58H40N5.Ir/c1-4-14-44(15-5-1)52-30-28-40(35-60-52)24-26-42-32-43(27-25-41-29-31-53(61-36-41)45-16-6-2-7-17-45)34-47(33-42)48-20-10-11-21-49(48)51-37-62-58-50-22-12-13-23-54(50)63-39-59-38-55(63)57(58)56(51)46-18-8-3-9-19-46;/h1-14,16,18-21,23,28-39H,24-27H2;/q-3;+3/i24D2,25D2,26D2,27D2;. The molecule has 6 heteroatoms. The summed E-state index contributed by atoms with van der Waals surface area (Å²) in [5, 5.41) is 1.64. The largest absolute Gasteiger partial charge is 3.00 e. The Labute approximate surface area is 397 Å². The predicted octanol–water partition coefficient (Wildman–Crippen LogP) is 13.1. The molecule has 0 atom stereocenters. The van der Waals surface area contributed by atoms with Gasteiger partial charge < -0.3 is 19.4 Å². The van der Waals surface area contributed by atoms with Crippen molar-refractivity contribution in [3.63, 3.8) is 0 Å². The predicted molar refractivity (Wildman–Crippen MR) is 255 cm³/mol. The van der Waals surface area contributed by atoms with Crippen LogP contribution >= 0.6 is 0 Å². The van der Waals surface area contributed by atoms with Gasteiger partial charge in [0.15, 0.2) is 0 Å². The van der Waals surface area contributed by atoms with Crippen molar-refractivity contribution in [2.75, 3.05) is 0 Å². The maximum atomic E-state index is 9.70. The van der Waals surface area contributed by atoms with Crippen LogP contribution in [-0.4, -0.2) is 24.3 Å². The van der Waals surface area contributed by atoms with Gasteiger partial charge in [-0.1, -0.05) is 97.1 Å². The zero-order valence-electron chi connectivity index (χ0n) is 42.0. The number of hydrogen-bond acceptors (Lipinski definition) is 4. The van der Waals surface area contributed by atoms with Crippen LogP contribution in [0.4, 0.5) is 0 Å². The van der Waals surface area contributed by atoms with Crippen LogP contribution in [0.1, 0.15) is 33.2 Å². The third-order valence-corrected chi connectivity index (χ3v) is 11.0. The van der Waals surface area contributed by atoms with E-state index in [9.17, 15) is 11.0 Å². The molecule has 0 amide bonds. The number of rotatable bonds is 11. The van der Waals surface area contributed by atoms with E-state index in [1.165, 1.54) is 42.7 Å². The Hall–Kier alpha value is -7.37. The SMILES string of the molecule is [2H]C([2H])(c1ccc(-c2[c-]cccc2)nc1)C([2H])([2H])c1cc(-c2ccccc2-c2cnc3c4[c-]cccc4n4cncc4c3c2-c2ccccc2)cc(C([2H])([2H])C([2H])([2H])c2ccc(-c3[c-]cccc3)nc2)c1.[Ir+3]. The number of benzene rings is 6. The average Bonchev–Trinajstić information content (AvgIpc) is 3.92. The second-order valence-electron chi connectivity index (χ2n) is 15.0. The summed E-state index contributed by atoms with van der Waals surface area (Å²) in [5.41, 5.74) is 8.37. The molecule has 64 heavy (non-hydrogen) atoms. The summed E-state index contributed by atoms with van der Waals surface area (Å²) in [7, 11) is 0. The van der Waals surface area contributed by atoms with Gasteiger partial charge in [-0.25, -0.2) is 4.98 Å². The Balaban J connectivity index is 0.00000596. The first-order valence-corrected chi connectivity index (χ1v) is 20.5. The summed E-state index contributed by atoms with van der Waals surface area (Å²) in [4.78, 5) is 18.7. The van der Waals surface area contributed by atoms with E-state index in [0.29, 0.717) is 44.8 Å². The van der Waals surface area contributed by atoms with Gasteiger partial charge in [0.2, 0.25) is 0 Å². The van der Waals surface area contributed by atoms with Crippen LogP contribution in [0.5, 0.6) is 0 Å². The third kappa shape index (κ3) is 8.06. The van der Waals surface area contributed by atoms with Gasteiger partial charge in [-0.3, -0.25) is 0 Å². The Kier molecular flexibility index (Phi) is 9.17. The van der Waals surface area contributed by atoms with Crippen molar-refractivity contribution < 1.29 is 31.1 Å². The first-order chi connectivity index (χ1) is 34.3. The molecule has 5 aromatic heterocycles. The van der Waals surface area contributed by atoms with Crippen LogP contribution in [0, 0.1) is 18.2 Å². The number of aryl methyl sites for hydroxylation is 4. The number of imidazole rings is 1. The molecule has 0 saturated carbocycles. The Bertz CT molecular complexity index is 3640. The molecular formula is C58H40IrN5. The summed E-state index contributed by atoms with van der Waals surface area (Å²) in [6.07, 6.45) is -3.11. The van der Waals surface area contributed by atoms with Gasteiger partial charge in [0.25, 0.3) is 0 Å². The van der Waals surface area contributed by atoms with Crippen LogP contribution in [0.3, 0.4) is 0 Å². The number of hydrogen-bond donors (Lipinski definition) is 0. The molecule has 0 aliphatic rings. The van der Waals surface area contributed by atoms with E-state index < -0.39 is 25.5 Å². The van der Waals surface area contributed by atoms with E-state index in [4.69, 9.17) is 4.98 Å². The van der Waals surface area contributed by atoms with Crippen LogP contribution in [0.15, 0.2) is 195 Å². The third-order valence-electron chi connectivity index (χ3n) is 11.0. The van der Waals surface area contributed by atoms with Crippen LogP contribution < -0.4 is 0 Å². The number of pyridine rings is 4. The Morgan fingerprint density at radius 2 is 1.08 bits per heavy atom. The Morgan fingerprint density at radius 3 is 1.70 bits per heavy atom. The molecular weight excluding hydrogens is 959 g/mol. The number of aromatic nitrogens is 5. The van der Waals surface area contributed by atoms with Crippen molar-refractivity contribution in [2.24, 2.45) is 0 Å². The molecule has 6 aromatic carbocycles. The van der Waals surface area contributed by atoms with Gasteiger partial charge in [0.1, 0.15) is 0 Å². The molecule has 5 heterocycles. The van der Waals surface area contributed by atoms with E-state index in [2.05, 4.69) is 33.2 Å². The van der Waals surface area contributed by atoms with E-state index in [-0.39, 0.29) is 42.4 Å². The van der Waals surface area contributed by atoms with Crippen molar-refractivity contribution in [3.05, 3.63) is 235 Å². The molecule has 0 spiro atoms. The summed E-state index contributed by atoms with van der Waals surface area (Å²) in [6, 6.07) is 57.9. The molecule has 0 N–H and O–H groups in total. The van der Waals surface area contributed by atoms with E-state index in [1.54, 1.807) is 30.6 Å². The van der Waals surface area contributed by atoms with E-state index in [0.717, 1.165) is 38.4 Å². The minimum absolute atomic E-state index is 0. The minimum atomic E-state index is -2.84. The molecule has 0 unspecified atom stereocenters. The zero-order chi connectivity index (χ0) is 49.1. The molecule has 11 aromatic rings. The van der Waals surface area contributed by atoms with E-state index in [1.807, 2.05) is 126 Å². The fourth-order valence-electron chi connectivity index (χ4n) is 8.09. The molecule has 0 fully saturated rings. The quantitative estimate of drug-likeness (QED) is 0.0957. The van der Waals surface area contributed by atoms with Gasteiger partial charge in [0, 0.05) is 35.1 Å². The average molecular weight is 1010 g/mol. The second kappa shape index (κ2) is 18.2. The maximum Gasteiger partial charge on any atom is 3.00 e. The van der Waals surface area contributed by atoms with Gasteiger partial charge in [0.05, 0.1) is 18.0 Å². The van der Waals surface area contributed by atoms with Crippen LogP contribution in [0.25, 0.3) is 83.2 Å². The molecule has 306 valence electrons. The molecule has 0 bridgehead atoms. The molecule has 11 rings (SSSR count). The first-order valence-electron chi connectivity index (χ1n) is 24.5. The molecule has 5 nitrogen and oxygen atoms in total. The maximum absolute atomic E-state index is 9.70. The van der Waals surface area contributed by atoms with Gasteiger partial charge in [-0.2, -0.15) is 0 Å². The summed E-state index contributed by atoms with van der Waals surface area (Å²) < 4.78 is 78.7. The number of fused-ring (bicyclic) bond motifs is 6. The minimum Gasteiger partial charge on any atom is -0.341 e. The van der Waals surface area contributed by atoms with Gasteiger partial charge >= 0.3 is 20.1 Å². The molecule has 0 aliphatic heterocycles. The Morgan fingerprint density at radius 1 is 0.469 bits per heavy atom. The van der Waals surface area contributed by atoms with E-state index >= 15 is 0 Å². The van der Waals surface area contributed by atoms with Crippen molar-refractivity contribution in [2.45, 2.75) is 25.5 Å².